The molecule has 13 nitrogen and oxygen atoms in total. The maximum Gasteiger partial charge on any atom is 0.290 e. The topological polar surface area (TPSA) is 205 Å². The van der Waals surface area contributed by atoms with Crippen LogP contribution in [0.1, 0.15) is 40.8 Å². The van der Waals surface area contributed by atoms with Gasteiger partial charge in [0, 0.05) is 60.8 Å². The zero-order valence-electron chi connectivity index (χ0n) is 26.9. The molecule has 2 aromatic heterocycles. The van der Waals surface area contributed by atoms with Crippen molar-refractivity contribution in [2.75, 3.05) is 25.1 Å². The van der Waals surface area contributed by atoms with Gasteiger partial charge >= 0.3 is 0 Å². The number of hydrogen-bond donors (Lipinski definition) is 5. The van der Waals surface area contributed by atoms with E-state index in [-0.39, 0.29) is 18.3 Å². The lowest BCUT2D eigenvalue weighted by molar-refractivity contribution is -0.124. The van der Waals surface area contributed by atoms with Gasteiger partial charge in [0.1, 0.15) is 29.2 Å². The van der Waals surface area contributed by atoms with Gasteiger partial charge < -0.3 is 25.2 Å². The number of nitrogens with one attached hydrogen (secondary N) is 2. The van der Waals surface area contributed by atoms with E-state index in [1.807, 2.05) is 37.3 Å². The SMILES string of the molecule is COc1ccc(-c2cnc(N3CCC(NCc4ccc(/C=C/C(=O)NO)cc4)CC3)c(C#N)c2-c2cnc(C#N)c(C)c2)cc1O.O=CO. The molecule has 0 unspecified atom stereocenters. The van der Waals surface area contributed by atoms with E-state index in [0.717, 1.165) is 24.0 Å². The Morgan fingerprint density at radius 1 is 1.06 bits per heavy atom. The highest BCUT2D eigenvalue weighted by atomic mass is 16.5. The molecule has 5 rings (SSSR count). The van der Waals surface area contributed by atoms with Crippen LogP contribution in [-0.2, 0) is 16.1 Å². The number of rotatable bonds is 9. The summed E-state index contributed by atoms with van der Waals surface area (Å²) in [5.74, 6) is 0.303. The number of methoxy groups -OCH3 is 1. The van der Waals surface area contributed by atoms with Gasteiger partial charge in [-0.25, -0.2) is 15.4 Å². The third-order valence-corrected chi connectivity index (χ3v) is 8.04. The summed E-state index contributed by atoms with van der Waals surface area (Å²) in [5.41, 5.74) is 7.55. The molecule has 1 saturated heterocycles. The van der Waals surface area contributed by atoms with Crippen LogP contribution in [0.15, 0.2) is 67.0 Å². The third-order valence-electron chi connectivity index (χ3n) is 8.04. The van der Waals surface area contributed by atoms with Crippen molar-refractivity contribution in [3.63, 3.8) is 0 Å². The zero-order chi connectivity index (χ0) is 35.3. The van der Waals surface area contributed by atoms with Crippen LogP contribution < -0.4 is 20.4 Å². The van der Waals surface area contributed by atoms with Crippen molar-refractivity contribution in [1.82, 2.24) is 20.8 Å². The Morgan fingerprint density at radius 2 is 1.78 bits per heavy atom. The smallest absolute Gasteiger partial charge is 0.290 e. The Kier molecular flexibility index (Phi) is 12.4. The van der Waals surface area contributed by atoms with E-state index in [4.69, 9.17) is 24.8 Å². The summed E-state index contributed by atoms with van der Waals surface area (Å²) < 4.78 is 5.22. The highest BCUT2D eigenvalue weighted by Gasteiger charge is 2.26. The fourth-order valence-electron chi connectivity index (χ4n) is 5.57. The fourth-order valence-corrected chi connectivity index (χ4v) is 5.57. The Bertz CT molecular complexity index is 1910. The van der Waals surface area contributed by atoms with Crippen LogP contribution in [0.2, 0.25) is 0 Å². The summed E-state index contributed by atoms with van der Waals surface area (Å²) in [5, 5.41) is 49.6. The molecule has 1 amide bonds. The standard InChI is InChI=1S/C35H33N7O4.CH2O2/c1-22-15-26(20-39-30(22)18-37)34-28(17-36)35(40-21-29(34)25-8-9-32(46-2)31(43)16-25)42-13-11-27(12-14-42)38-19-24-5-3-23(4-6-24)7-10-33(44)41-45;2-1-3/h3-10,15-16,20-21,27,38,43,45H,11-14,19H2,1-2H3,(H,41,44);1H,(H,2,3)/b10-7+;. The van der Waals surface area contributed by atoms with Gasteiger partial charge in [-0.05, 0) is 66.3 Å². The molecular weight excluding hydrogens is 626 g/mol. The van der Waals surface area contributed by atoms with E-state index in [0.29, 0.717) is 70.3 Å². The molecule has 1 fully saturated rings. The van der Waals surface area contributed by atoms with Gasteiger partial charge in [-0.3, -0.25) is 14.8 Å². The van der Waals surface area contributed by atoms with Gasteiger partial charge in [-0.1, -0.05) is 30.3 Å². The van der Waals surface area contributed by atoms with Gasteiger partial charge in [0.2, 0.25) is 0 Å². The molecule has 13 heteroatoms. The summed E-state index contributed by atoms with van der Waals surface area (Å²) in [4.78, 5) is 30.8. The molecule has 0 atom stereocenters. The van der Waals surface area contributed by atoms with Crippen LogP contribution >= 0.6 is 0 Å². The first-order valence-corrected chi connectivity index (χ1v) is 15.2. The van der Waals surface area contributed by atoms with E-state index in [1.54, 1.807) is 42.1 Å². The molecule has 2 aromatic carbocycles. The number of ether oxygens (including phenoxy) is 1. The van der Waals surface area contributed by atoms with Crippen LogP contribution in [0.3, 0.4) is 0 Å². The third kappa shape index (κ3) is 8.75. The predicted molar refractivity (Wildman–Crippen MR) is 181 cm³/mol. The minimum Gasteiger partial charge on any atom is -0.504 e. The second-order valence-corrected chi connectivity index (χ2v) is 11.0. The molecule has 250 valence electrons. The molecular formula is C36H35N7O6. The van der Waals surface area contributed by atoms with Gasteiger partial charge in [0.25, 0.3) is 12.4 Å². The fraction of sp³-hybridized carbons (Fsp3) is 0.222. The zero-order valence-corrected chi connectivity index (χ0v) is 26.9. The average molecular weight is 662 g/mol. The maximum absolute atomic E-state index is 11.2. The van der Waals surface area contributed by atoms with Gasteiger partial charge in [-0.2, -0.15) is 10.5 Å². The summed E-state index contributed by atoms with van der Waals surface area (Å²) in [6.45, 7) is 3.64. The Labute approximate surface area is 283 Å². The number of piperidine rings is 1. The second-order valence-electron chi connectivity index (χ2n) is 11.0. The van der Waals surface area contributed by atoms with Gasteiger partial charge in [-0.15, -0.1) is 0 Å². The van der Waals surface area contributed by atoms with Crippen LogP contribution in [0, 0.1) is 29.6 Å². The summed E-state index contributed by atoms with van der Waals surface area (Å²) in [7, 11) is 1.48. The van der Waals surface area contributed by atoms with Crippen molar-refractivity contribution in [1.29, 1.82) is 10.5 Å². The number of carbonyl (C=O) groups is 2. The number of amides is 1. The lowest BCUT2D eigenvalue weighted by atomic mass is 9.91. The number of aryl methyl sites for hydroxylation is 1. The quantitative estimate of drug-likeness (QED) is 0.0725. The second kappa shape index (κ2) is 17.0. The molecule has 1 aliphatic heterocycles. The first-order chi connectivity index (χ1) is 23.8. The van der Waals surface area contributed by atoms with Crippen molar-refractivity contribution in [2.45, 2.75) is 32.4 Å². The molecule has 0 bridgehead atoms. The van der Waals surface area contributed by atoms with Crippen molar-refractivity contribution >= 4 is 24.3 Å². The molecule has 1 aliphatic rings. The molecule has 0 radical (unpaired) electrons. The van der Waals surface area contributed by atoms with Crippen molar-refractivity contribution in [2.24, 2.45) is 0 Å². The Hall–Kier alpha value is -6.28. The minimum atomic E-state index is -0.583. The summed E-state index contributed by atoms with van der Waals surface area (Å²) >= 11 is 0. The summed E-state index contributed by atoms with van der Waals surface area (Å²) in [6, 6.07) is 19.5. The number of carbonyl (C=O) groups excluding carboxylic acids is 1. The number of carboxylic acid groups (broad SMARTS) is 1. The molecule has 4 aromatic rings. The minimum absolute atomic E-state index is 0.0305. The molecule has 0 aliphatic carbocycles. The molecule has 0 spiro atoms. The van der Waals surface area contributed by atoms with Crippen LogP contribution in [0.5, 0.6) is 11.5 Å². The largest absolute Gasteiger partial charge is 0.504 e. The number of pyridine rings is 2. The lowest BCUT2D eigenvalue weighted by Gasteiger charge is -2.34. The number of aromatic nitrogens is 2. The van der Waals surface area contributed by atoms with E-state index in [9.17, 15) is 20.4 Å². The van der Waals surface area contributed by atoms with Crippen LogP contribution in [-0.4, -0.2) is 64.0 Å². The van der Waals surface area contributed by atoms with Gasteiger partial charge in [0.05, 0.1) is 7.11 Å². The van der Waals surface area contributed by atoms with E-state index in [1.165, 1.54) is 13.2 Å². The normalized spacial score (nSPS) is 12.7. The number of hydroxylamine groups is 1. The van der Waals surface area contributed by atoms with E-state index >= 15 is 0 Å². The number of anilines is 1. The lowest BCUT2D eigenvalue weighted by Crippen LogP contribution is -2.42. The number of phenols is 1. The van der Waals surface area contributed by atoms with Crippen molar-refractivity contribution in [3.05, 3.63) is 94.9 Å². The highest BCUT2D eigenvalue weighted by Crippen LogP contribution is 2.41. The number of hydrogen-bond acceptors (Lipinski definition) is 11. The highest BCUT2D eigenvalue weighted by molar-refractivity contribution is 5.91. The average Bonchev–Trinajstić information content (AvgIpc) is 3.13. The van der Waals surface area contributed by atoms with E-state index < -0.39 is 5.91 Å². The van der Waals surface area contributed by atoms with Crippen molar-refractivity contribution in [3.8, 4) is 45.9 Å². The number of benzene rings is 2. The molecule has 3 heterocycles. The number of aromatic hydroxyl groups is 1. The van der Waals surface area contributed by atoms with E-state index in [2.05, 4.69) is 27.3 Å². The van der Waals surface area contributed by atoms with Gasteiger partial charge in [0.15, 0.2) is 11.5 Å². The Balaban J connectivity index is 0.00000174. The maximum atomic E-state index is 11.2. The first-order valence-electron chi connectivity index (χ1n) is 15.2. The molecule has 5 N–H and O–H groups in total. The molecule has 49 heavy (non-hydrogen) atoms. The molecule has 0 saturated carbocycles. The van der Waals surface area contributed by atoms with Crippen LogP contribution in [0.25, 0.3) is 28.3 Å². The first kappa shape index (κ1) is 35.6. The summed E-state index contributed by atoms with van der Waals surface area (Å²) in [6.07, 6.45) is 7.91. The van der Waals surface area contributed by atoms with Crippen molar-refractivity contribution < 1.29 is 29.7 Å². The predicted octanol–water partition coefficient (Wildman–Crippen LogP) is 4.55. The van der Waals surface area contributed by atoms with Crippen LogP contribution in [0.4, 0.5) is 5.82 Å². The number of phenolic OH excluding ortho intramolecular Hbond substituents is 1. The Morgan fingerprint density at radius 3 is 2.37 bits per heavy atom. The number of nitrogens with zero attached hydrogens (tertiary/aromatic N) is 5. The number of nitriles is 2. The monoisotopic (exact) mass is 661 g/mol.